The highest BCUT2D eigenvalue weighted by Gasteiger charge is 2.27. The SMILES string of the molecule is C=C(OO)Oc1ccc(-c2c(OC)cc(-c3ccc(OCc4ccccc4)c(O)c3)c(OC)c2C(=O)OC)cc1. The predicted molar refractivity (Wildman–Crippen MR) is 148 cm³/mol. The van der Waals surface area contributed by atoms with Crippen LogP contribution in [0.4, 0.5) is 0 Å². The van der Waals surface area contributed by atoms with Crippen LogP contribution < -0.4 is 18.9 Å². The molecule has 9 nitrogen and oxygen atoms in total. The molecule has 40 heavy (non-hydrogen) atoms. The van der Waals surface area contributed by atoms with Crippen LogP contribution in [0.25, 0.3) is 22.3 Å². The van der Waals surface area contributed by atoms with Gasteiger partial charge in [-0.2, -0.15) is 5.26 Å². The smallest absolute Gasteiger partial charge is 0.342 e. The third kappa shape index (κ3) is 5.95. The van der Waals surface area contributed by atoms with Crippen LogP contribution in [0, 0.1) is 0 Å². The summed E-state index contributed by atoms with van der Waals surface area (Å²) >= 11 is 0. The number of rotatable bonds is 11. The van der Waals surface area contributed by atoms with Gasteiger partial charge in [0.15, 0.2) is 11.5 Å². The summed E-state index contributed by atoms with van der Waals surface area (Å²) in [6.07, 6.45) is 0. The van der Waals surface area contributed by atoms with Crippen molar-refractivity contribution in [1.29, 1.82) is 0 Å². The fourth-order valence-electron chi connectivity index (χ4n) is 4.19. The van der Waals surface area contributed by atoms with Crippen LogP contribution in [-0.4, -0.2) is 37.7 Å². The Labute approximate surface area is 231 Å². The molecule has 2 N–H and O–H groups in total. The van der Waals surface area contributed by atoms with Crippen LogP contribution in [0.2, 0.25) is 0 Å². The van der Waals surface area contributed by atoms with Crippen molar-refractivity contribution in [3.05, 3.63) is 103 Å². The third-order valence-electron chi connectivity index (χ3n) is 6.04. The van der Waals surface area contributed by atoms with Crippen molar-refractivity contribution in [3.8, 4) is 51.0 Å². The van der Waals surface area contributed by atoms with Crippen molar-refractivity contribution < 1.29 is 43.7 Å². The molecule has 0 saturated heterocycles. The largest absolute Gasteiger partial charge is 0.504 e. The average Bonchev–Trinajstić information content (AvgIpc) is 2.99. The minimum absolute atomic E-state index is 0.0813. The Morgan fingerprint density at radius 3 is 2.15 bits per heavy atom. The Bertz CT molecular complexity index is 1500. The average molecular weight is 545 g/mol. The van der Waals surface area contributed by atoms with E-state index in [1.807, 2.05) is 30.3 Å². The van der Waals surface area contributed by atoms with E-state index in [1.165, 1.54) is 27.4 Å². The summed E-state index contributed by atoms with van der Waals surface area (Å²) in [5.74, 6) is 0.198. The summed E-state index contributed by atoms with van der Waals surface area (Å²) in [6.45, 7) is 3.69. The first-order valence-corrected chi connectivity index (χ1v) is 12.1. The molecule has 4 rings (SSSR count). The Balaban J connectivity index is 1.78. The standard InChI is InChI=1S/C31H28O9/c1-19(40-34)39-23-13-10-21(11-14-23)28-27(35-2)17-24(30(36-3)29(28)31(33)37-4)22-12-15-26(25(32)16-22)38-18-20-8-6-5-7-9-20/h5-17,32,34H,1,18H2,2-4H3. The van der Waals surface area contributed by atoms with E-state index in [0.29, 0.717) is 39.5 Å². The molecule has 0 fully saturated rings. The number of carbonyl (C=O) groups is 1. The van der Waals surface area contributed by atoms with E-state index in [2.05, 4.69) is 11.5 Å². The molecular formula is C31H28O9. The van der Waals surface area contributed by atoms with Crippen LogP contribution in [0.5, 0.6) is 28.7 Å². The van der Waals surface area contributed by atoms with Gasteiger partial charge in [0.2, 0.25) is 0 Å². The number of ether oxygens (including phenoxy) is 5. The van der Waals surface area contributed by atoms with Gasteiger partial charge in [0.05, 0.1) is 21.3 Å². The maximum absolute atomic E-state index is 13.1. The summed E-state index contributed by atoms with van der Waals surface area (Å²) in [5, 5.41) is 19.4. The van der Waals surface area contributed by atoms with Crippen LogP contribution in [0.15, 0.2) is 91.4 Å². The molecule has 0 heterocycles. The molecule has 0 bridgehead atoms. The first-order chi connectivity index (χ1) is 19.4. The van der Waals surface area contributed by atoms with Gasteiger partial charge in [0.25, 0.3) is 0 Å². The summed E-state index contributed by atoms with van der Waals surface area (Å²) in [5.41, 5.74) is 3.15. The fourth-order valence-corrected chi connectivity index (χ4v) is 4.19. The number of esters is 1. The molecule has 0 aliphatic rings. The number of phenols is 1. The normalized spacial score (nSPS) is 10.4. The van der Waals surface area contributed by atoms with Crippen molar-refractivity contribution in [2.45, 2.75) is 6.61 Å². The van der Waals surface area contributed by atoms with E-state index >= 15 is 0 Å². The summed E-state index contributed by atoms with van der Waals surface area (Å²) in [6, 6.07) is 22.8. The van der Waals surface area contributed by atoms with Gasteiger partial charge in [-0.25, -0.2) is 4.79 Å². The number of hydrogen-bond acceptors (Lipinski definition) is 9. The highest BCUT2D eigenvalue weighted by Crippen LogP contribution is 2.47. The zero-order valence-corrected chi connectivity index (χ0v) is 22.2. The van der Waals surface area contributed by atoms with Gasteiger partial charge in [-0.15, -0.1) is 0 Å². The molecule has 0 radical (unpaired) electrons. The first-order valence-electron chi connectivity index (χ1n) is 12.1. The van der Waals surface area contributed by atoms with Crippen molar-refractivity contribution >= 4 is 5.97 Å². The van der Waals surface area contributed by atoms with Gasteiger partial charge < -0.3 is 33.7 Å². The van der Waals surface area contributed by atoms with Crippen molar-refractivity contribution in [1.82, 2.24) is 0 Å². The van der Waals surface area contributed by atoms with Gasteiger partial charge in [-0.05, 0) is 53.6 Å². The van der Waals surface area contributed by atoms with E-state index in [9.17, 15) is 9.90 Å². The summed E-state index contributed by atoms with van der Waals surface area (Å²) < 4.78 is 27.6. The second-order valence-electron chi connectivity index (χ2n) is 8.45. The van der Waals surface area contributed by atoms with Crippen LogP contribution in [0.1, 0.15) is 15.9 Å². The van der Waals surface area contributed by atoms with Gasteiger partial charge >= 0.3 is 11.9 Å². The molecule has 0 aliphatic heterocycles. The fraction of sp³-hybridized carbons (Fsp3) is 0.129. The summed E-state index contributed by atoms with van der Waals surface area (Å²) in [4.78, 5) is 17.1. The molecule has 206 valence electrons. The molecule has 0 saturated carbocycles. The maximum atomic E-state index is 13.1. The van der Waals surface area contributed by atoms with Crippen LogP contribution >= 0.6 is 0 Å². The van der Waals surface area contributed by atoms with Crippen molar-refractivity contribution in [2.24, 2.45) is 0 Å². The summed E-state index contributed by atoms with van der Waals surface area (Å²) in [7, 11) is 4.19. The van der Waals surface area contributed by atoms with Crippen molar-refractivity contribution in [2.75, 3.05) is 21.3 Å². The Morgan fingerprint density at radius 1 is 0.850 bits per heavy atom. The minimum atomic E-state index is -0.651. The molecule has 0 unspecified atom stereocenters. The van der Waals surface area contributed by atoms with Gasteiger partial charge in [0, 0.05) is 11.1 Å². The number of phenolic OH excluding ortho intramolecular Hbond substituents is 1. The Morgan fingerprint density at radius 2 is 1.55 bits per heavy atom. The van der Waals surface area contributed by atoms with E-state index in [0.717, 1.165) is 5.56 Å². The molecule has 4 aromatic carbocycles. The number of aromatic hydroxyl groups is 1. The molecule has 4 aromatic rings. The molecule has 9 heteroatoms. The lowest BCUT2D eigenvalue weighted by atomic mass is 9.92. The lowest BCUT2D eigenvalue weighted by molar-refractivity contribution is -0.230. The molecule has 0 amide bonds. The van der Waals surface area contributed by atoms with Gasteiger partial charge in [-0.1, -0.05) is 48.5 Å². The lowest BCUT2D eigenvalue weighted by Crippen LogP contribution is -2.09. The quantitative estimate of drug-likeness (QED) is 0.0952. The number of benzene rings is 4. The monoisotopic (exact) mass is 544 g/mol. The zero-order chi connectivity index (χ0) is 28.6. The van der Waals surface area contributed by atoms with Gasteiger partial charge in [0.1, 0.15) is 29.4 Å². The third-order valence-corrected chi connectivity index (χ3v) is 6.04. The molecule has 0 aromatic heterocycles. The predicted octanol–water partition coefficient (Wildman–Crippen LogP) is 6.45. The Hall–Kier alpha value is -5.15. The highest BCUT2D eigenvalue weighted by atomic mass is 17.1. The lowest BCUT2D eigenvalue weighted by Gasteiger charge is -2.20. The second kappa shape index (κ2) is 12.6. The molecule has 0 spiro atoms. The van der Waals surface area contributed by atoms with Gasteiger partial charge in [-0.3, -0.25) is 0 Å². The van der Waals surface area contributed by atoms with E-state index in [4.69, 9.17) is 28.9 Å². The zero-order valence-electron chi connectivity index (χ0n) is 22.2. The first kappa shape index (κ1) is 27.9. The van der Waals surface area contributed by atoms with E-state index in [-0.39, 0.29) is 29.6 Å². The molecule has 0 atom stereocenters. The number of hydrogen-bond donors (Lipinski definition) is 2. The number of methoxy groups -OCH3 is 3. The van der Waals surface area contributed by atoms with Crippen LogP contribution in [-0.2, 0) is 16.2 Å². The number of carbonyl (C=O) groups excluding carboxylic acids is 1. The topological polar surface area (TPSA) is 113 Å². The highest BCUT2D eigenvalue weighted by molar-refractivity contribution is 6.05. The minimum Gasteiger partial charge on any atom is -0.504 e. The van der Waals surface area contributed by atoms with E-state index < -0.39 is 5.97 Å². The maximum Gasteiger partial charge on any atom is 0.342 e. The Kier molecular flexibility index (Phi) is 8.78. The second-order valence-corrected chi connectivity index (χ2v) is 8.45. The van der Waals surface area contributed by atoms with E-state index in [1.54, 1.807) is 42.5 Å². The van der Waals surface area contributed by atoms with Crippen LogP contribution in [0.3, 0.4) is 0 Å². The van der Waals surface area contributed by atoms with Crippen molar-refractivity contribution in [3.63, 3.8) is 0 Å². The molecular weight excluding hydrogens is 516 g/mol. The molecule has 0 aliphatic carbocycles.